The van der Waals surface area contributed by atoms with Crippen LogP contribution >= 0.6 is 34.3 Å². The molecular weight excluding hydrogens is 372 g/mol. The summed E-state index contributed by atoms with van der Waals surface area (Å²) in [5.41, 5.74) is 1.02. The number of thiophene rings is 1. The van der Waals surface area contributed by atoms with Crippen LogP contribution < -0.4 is 4.90 Å². The Labute approximate surface area is 159 Å². The highest BCUT2D eigenvalue weighted by Gasteiger charge is 2.20. The van der Waals surface area contributed by atoms with E-state index in [9.17, 15) is 0 Å². The van der Waals surface area contributed by atoms with Gasteiger partial charge in [0.1, 0.15) is 0 Å². The second-order valence-electron chi connectivity index (χ2n) is 6.07. The Kier molecular flexibility index (Phi) is 4.91. The van der Waals surface area contributed by atoms with Gasteiger partial charge in [0.15, 0.2) is 5.13 Å². The van der Waals surface area contributed by atoms with Gasteiger partial charge in [0.2, 0.25) is 0 Å². The lowest BCUT2D eigenvalue weighted by atomic mass is 10.3. The van der Waals surface area contributed by atoms with E-state index in [1.54, 1.807) is 22.7 Å². The normalized spacial score (nSPS) is 15.6. The van der Waals surface area contributed by atoms with Gasteiger partial charge in [0, 0.05) is 47.5 Å². The molecule has 1 saturated heterocycles. The van der Waals surface area contributed by atoms with E-state index in [1.807, 2.05) is 18.2 Å². The second-order valence-corrected chi connectivity index (χ2v) is 8.77. The topological polar surface area (TPSA) is 43.2 Å². The Morgan fingerprint density at radius 1 is 1.08 bits per heavy atom. The third-order valence-electron chi connectivity index (χ3n) is 4.33. The van der Waals surface area contributed by atoms with E-state index in [4.69, 9.17) is 21.8 Å². The molecule has 0 unspecified atom stereocenters. The van der Waals surface area contributed by atoms with E-state index >= 15 is 0 Å². The molecule has 0 N–H and O–H groups in total. The molecule has 0 spiro atoms. The van der Waals surface area contributed by atoms with Crippen LogP contribution in [0, 0.1) is 11.3 Å². The molecule has 7 heteroatoms. The zero-order chi connectivity index (χ0) is 17.2. The van der Waals surface area contributed by atoms with Gasteiger partial charge in [0.05, 0.1) is 22.7 Å². The fourth-order valence-electron chi connectivity index (χ4n) is 3.02. The molecule has 0 bridgehead atoms. The fraction of sp³-hybridized carbons (Fsp3) is 0.333. The van der Waals surface area contributed by atoms with Gasteiger partial charge in [-0.25, -0.2) is 4.98 Å². The van der Waals surface area contributed by atoms with Gasteiger partial charge in [-0.1, -0.05) is 22.9 Å². The molecule has 128 valence electrons. The molecule has 3 aromatic rings. The summed E-state index contributed by atoms with van der Waals surface area (Å²) in [6.07, 6.45) is 0.514. The van der Waals surface area contributed by atoms with Crippen molar-refractivity contribution in [1.29, 1.82) is 5.26 Å². The van der Waals surface area contributed by atoms with Gasteiger partial charge < -0.3 is 4.90 Å². The fourth-order valence-corrected chi connectivity index (χ4v) is 5.31. The molecule has 1 aliphatic heterocycles. The average molecular weight is 389 g/mol. The maximum atomic E-state index is 8.78. The highest BCUT2D eigenvalue weighted by Crippen LogP contribution is 2.31. The first-order chi connectivity index (χ1) is 12.2. The van der Waals surface area contributed by atoms with E-state index in [1.165, 1.54) is 4.88 Å². The number of hydrogen-bond acceptors (Lipinski definition) is 6. The smallest absolute Gasteiger partial charge is 0.186 e. The number of fused-ring (bicyclic) bond motifs is 1. The average Bonchev–Trinajstić information content (AvgIpc) is 3.22. The van der Waals surface area contributed by atoms with Crippen LogP contribution in [0.1, 0.15) is 9.75 Å². The number of aromatic nitrogens is 1. The van der Waals surface area contributed by atoms with Gasteiger partial charge in [0.25, 0.3) is 0 Å². The van der Waals surface area contributed by atoms with Crippen molar-refractivity contribution in [3.63, 3.8) is 0 Å². The number of nitriles is 1. The van der Waals surface area contributed by atoms with Gasteiger partial charge in [-0.15, -0.1) is 11.3 Å². The van der Waals surface area contributed by atoms with E-state index in [0.717, 1.165) is 58.0 Å². The SMILES string of the molecule is N#CCc1ccc(CN2CCN(c3nc4ccc(Cl)cc4s3)CC2)s1. The summed E-state index contributed by atoms with van der Waals surface area (Å²) >= 11 is 9.54. The number of hydrogen-bond donors (Lipinski definition) is 0. The zero-order valence-electron chi connectivity index (χ0n) is 13.6. The molecule has 3 heterocycles. The first-order valence-electron chi connectivity index (χ1n) is 8.19. The lowest BCUT2D eigenvalue weighted by molar-refractivity contribution is 0.252. The summed E-state index contributed by atoms with van der Waals surface area (Å²) in [5, 5.41) is 10.6. The summed E-state index contributed by atoms with van der Waals surface area (Å²) in [6, 6.07) is 12.3. The predicted molar refractivity (Wildman–Crippen MR) is 106 cm³/mol. The Morgan fingerprint density at radius 2 is 1.88 bits per heavy atom. The lowest BCUT2D eigenvalue weighted by Crippen LogP contribution is -2.45. The Bertz CT molecular complexity index is 919. The van der Waals surface area contributed by atoms with Crippen molar-refractivity contribution in [2.24, 2.45) is 0 Å². The second kappa shape index (κ2) is 7.30. The van der Waals surface area contributed by atoms with Crippen molar-refractivity contribution in [3.05, 3.63) is 45.1 Å². The lowest BCUT2D eigenvalue weighted by Gasteiger charge is -2.34. The first kappa shape index (κ1) is 16.8. The monoisotopic (exact) mass is 388 g/mol. The van der Waals surface area contributed by atoms with Crippen LogP contribution in [0.3, 0.4) is 0 Å². The molecule has 0 amide bonds. The van der Waals surface area contributed by atoms with Crippen molar-refractivity contribution in [2.75, 3.05) is 31.1 Å². The van der Waals surface area contributed by atoms with Gasteiger partial charge >= 0.3 is 0 Å². The van der Waals surface area contributed by atoms with Gasteiger partial charge in [-0.3, -0.25) is 4.90 Å². The highest BCUT2D eigenvalue weighted by molar-refractivity contribution is 7.22. The molecule has 0 atom stereocenters. The van der Waals surface area contributed by atoms with Crippen LogP contribution in [0.4, 0.5) is 5.13 Å². The van der Waals surface area contributed by atoms with Crippen LogP contribution in [-0.4, -0.2) is 36.1 Å². The molecular formula is C18H17ClN4S2. The first-order valence-corrected chi connectivity index (χ1v) is 10.2. The standard InChI is InChI=1S/C18H17ClN4S2/c19-13-1-4-16-17(11-13)25-18(21-16)23-9-7-22(8-10-23)12-15-3-2-14(24-15)5-6-20/h1-4,11H,5,7-10,12H2. The van der Waals surface area contributed by atoms with Crippen molar-refractivity contribution in [2.45, 2.75) is 13.0 Å². The molecule has 1 aliphatic rings. The van der Waals surface area contributed by atoms with E-state index in [2.05, 4.69) is 28.0 Å². The van der Waals surface area contributed by atoms with Crippen LogP contribution in [-0.2, 0) is 13.0 Å². The van der Waals surface area contributed by atoms with Crippen LogP contribution in [0.5, 0.6) is 0 Å². The van der Waals surface area contributed by atoms with E-state index < -0.39 is 0 Å². The number of piperazine rings is 1. The quantitative estimate of drug-likeness (QED) is 0.664. The maximum absolute atomic E-state index is 8.78. The summed E-state index contributed by atoms with van der Waals surface area (Å²) in [6.45, 7) is 5.01. The molecule has 0 aliphatic carbocycles. The van der Waals surface area contributed by atoms with Crippen LogP contribution in [0.2, 0.25) is 5.02 Å². The number of benzene rings is 1. The summed E-state index contributed by atoms with van der Waals surface area (Å²) in [4.78, 5) is 12.1. The zero-order valence-corrected chi connectivity index (χ0v) is 16.0. The van der Waals surface area contributed by atoms with Crippen molar-refractivity contribution >= 4 is 49.6 Å². The highest BCUT2D eigenvalue weighted by atomic mass is 35.5. The summed E-state index contributed by atoms with van der Waals surface area (Å²) in [7, 11) is 0. The molecule has 4 rings (SSSR count). The summed E-state index contributed by atoms with van der Waals surface area (Å²) < 4.78 is 1.15. The number of nitrogens with zero attached hydrogens (tertiary/aromatic N) is 4. The Balaban J connectivity index is 1.37. The van der Waals surface area contributed by atoms with Gasteiger partial charge in [-0.05, 0) is 30.3 Å². The summed E-state index contributed by atoms with van der Waals surface area (Å²) in [5.74, 6) is 0. The van der Waals surface area contributed by atoms with Crippen molar-refractivity contribution < 1.29 is 0 Å². The molecule has 25 heavy (non-hydrogen) atoms. The number of rotatable bonds is 4. The largest absolute Gasteiger partial charge is 0.345 e. The maximum Gasteiger partial charge on any atom is 0.186 e. The van der Waals surface area contributed by atoms with E-state index in [0.29, 0.717) is 6.42 Å². The van der Waals surface area contributed by atoms with Crippen molar-refractivity contribution in [1.82, 2.24) is 9.88 Å². The minimum absolute atomic E-state index is 0.514. The molecule has 0 radical (unpaired) electrons. The predicted octanol–water partition coefficient (Wildman–Crippen LogP) is 4.40. The number of anilines is 1. The third-order valence-corrected chi connectivity index (χ3v) is 6.72. The van der Waals surface area contributed by atoms with E-state index in [-0.39, 0.29) is 0 Å². The molecule has 4 nitrogen and oxygen atoms in total. The third kappa shape index (κ3) is 3.80. The molecule has 2 aromatic heterocycles. The number of thiazole rings is 1. The molecule has 1 fully saturated rings. The molecule has 1 aromatic carbocycles. The van der Waals surface area contributed by atoms with Gasteiger partial charge in [-0.2, -0.15) is 5.26 Å². The van der Waals surface area contributed by atoms with Crippen LogP contribution in [0.15, 0.2) is 30.3 Å². The minimum atomic E-state index is 0.514. The van der Waals surface area contributed by atoms with Crippen LogP contribution in [0.25, 0.3) is 10.2 Å². The minimum Gasteiger partial charge on any atom is -0.345 e. The molecule has 0 saturated carbocycles. The number of halogens is 1. The van der Waals surface area contributed by atoms with Crippen molar-refractivity contribution in [3.8, 4) is 6.07 Å². The Morgan fingerprint density at radius 3 is 2.68 bits per heavy atom. The Hall–Kier alpha value is -1.65.